The summed E-state index contributed by atoms with van der Waals surface area (Å²) in [6, 6.07) is 0. The molecule has 0 radical (unpaired) electrons. The van der Waals surface area contributed by atoms with Gasteiger partial charge in [-0.15, -0.1) is 0 Å². The van der Waals surface area contributed by atoms with Gasteiger partial charge in [-0.2, -0.15) is 0 Å². The van der Waals surface area contributed by atoms with Crippen LogP contribution in [-0.4, -0.2) is 23.6 Å². The van der Waals surface area contributed by atoms with Gasteiger partial charge in [0.1, 0.15) is 0 Å². The van der Waals surface area contributed by atoms with Crippen molar-refractivity contribution in [2.75, 3.05) is 6.61 Å². The predicted molar refractivity (Wildman–Crippen MR) is 47.3 cm³/mol. The first kappa shape index (κ1) is 12.2. The van der Waals surface area contributed by atoms with Crippen molar-refractivity contribution in [3.63, 3.8) is 0 Å². The van der Waals surface area contributed by atoms with E-state index in [9.17, 15) is 9.59 Å². The SMILES string of the molecule is CCOC(=O)C(=O)OC(C)(Cl)CC. The van der Waals surface area contributed by atoms with Gasteiger partial charge in [0.05, 0.1) is 6.61 Å². The van der Waals surface area contributed by atoms with Crippen molar-refractivity contribution >= 4 is 23.5 Å². The van der Waals surface area contributed by atoms with E-state index in [0.29, 0.717) is 6.42 Å². The zero-order chi connectivity index (χ0) is 10.5. The Hall–Kier alpha value is -0.770. The molecule has 1 atom stereocenters. The average Bonchev–Trinajstić information content (AvgIpc) is 2.04. The van der Waals surface area contributed by atoms with Crippen molar-refractivity contribution in [3.8, 4) is 0 Å². The highest BCUT2D eigenvalue weighted by Crippen LogP contribution is 2.20. The molecule has 0 amide bonds. The molecule has 4 nitrogen and oxygen atoms in total. The third-order valence-electron chi connectivity index (χ3n) is 1.38. The first-order chi connectivity index (χ1) is 5.93. The lowest BCUT2D eigenvalue weighted by atomic mass is 10.3. The van der Waals surface area contributed by atoms with Crippen LogP contribution in [0.5, 0.6) is 0 Å². The molecular formula is C8H13ClO4. The van der Waals surface area contributed by atoms with Crippen LogP contribution in [0.2, 0.25) is 0 Å². The number of rotatable bonds is 3. The summed E-state index contributed by atoms with van der Waals surface area (Å²) in [6.07, 6.45) is 0.416. The molecule has 0 heterocycles. The van der Waals surface area contributed by atoms with Crippen LogP contribution < -0.4 is 0 Å². The molecule has 0 bridgehead atoms. The van der Waals surface area contributed by atoms with Crippen molar-refractivity contribution < 1.29 is 19.1 Å². The highest BCUT2D eigenvalue weighted by atomic mass is 35.5. The van der Waals surface area contributed by atoms with Crippen LogP contribution in [0, 0.1) is 0 Å². The molecule has 5 heteroatoms. The summed E-state index contributed by atoms with van der Waals surface area (Å²) in [7, 11) is 0. The van der Waals surface area contributed by atoms with E-state index in [4.69, 9.17) is 11.6 Å². The van der Waals surface area contributed by atoms with Crippen LogP contribution in [-0.2, 0) is 19.1 Å². The number of halogens is 1. The second-order valence-electron chi connectivity index (χ2n) is 2.57. The topological polar surface area (TPSA) is 52.6 Å². The number of ether oxygens (including phenoxy) is 2. The van der Waals surface area contributed by atoms with Crippen molar-refractivity contribution in [2.45, 2.75) is 32.3 Å². The molecule has 0 rings (SSSR count). The fourth-order valence-electron chi connectivity index (χ4n) is 0.497. The fourth-order valence-corrected chi connectivity index (χ4v) is 0.567. The van der Waals surface area contributed by atoms with Crippen LogP contribution in [0.3, 0.4) is 0 Å². The second kappa shape index (κ2) is 5.07. The van der Waals surface area contributed by atoms with Crippen LogP contribution in [0.25, 0.3) is 0 Å². The third-order valence-corrected chi connectivity index (χ3v) is 1.72. The van der Waals surface area contributed by atoms with Gasteiger partial charge in [-0.05, 0) is 20.3 Å². The number of hydrogen-bond donors (Lipinski definition) is 0. The van der Waals surface area contributed by atoms with Gasteiger partial charge >= 0.3 is 11.9 Å². The maximum Gasteiger partial charge on any atom is 0.419 e. The summed E-state index contributed by atoms with van der Waals surface area (Å²) >= 11 is 5.71. The second-order valence-corrected chi connectivity index (χ2v) is 3.36. The van der Waals surface area contributed by atoms with E-state index < -0.39 is 17.0 Å². The monoisotopic (exact) mass is 208 g/mol. The minimum atomic E-state index is -1.14. The fraction of sp³-hybridized carbons (Fsp3) is 0.750. The highest BCUT2D eigenvalue weighted by Gasteiger charge is 2.28. The number of hydrogen-bond acceptors (Lipinski definition) is 4. The Morgan fingerprint density at radius 3 is 2.23 bits per heavy atom. The summed E-state index contributed by atoms with van der Waals surface area (Å²) < 4.78 is 9.08. The van der Waals surface area contributed by atoms with Gasteiger partial charge in [-0.1, -0.05) is 18.5 Å². The summed E-state index contributed by atoms with van der Waals surface area (Å²) in [5.41, 5.74) is 0. The molecule has 76 valence electrons. The maximum absolute atomic E-state index is 10.9. The van der Waals surface area contributed by atoms with Gasteiger partial charge in [0, 0.05) is 0 Å². The molecular weight excluding hydrogens is 196 g/mol. The van der Waals surface area contributed by atoms with Gasteiger partial charge in [0.15, 0.2) is 5.06 Å². The van der Waals surface area contributed by atoms with Gasteiger partial charge in [-0.25, -0.2) is 9.59 Å². The number of esters is 2. The lowest BCUT2D eigenvalue weighted by Crippen LogP contribution is -2.30. The van der Waals surface area contributed by atoms with E-state index in [0.717, 1.165) is 0 Å². The Morgan fingerprint density at radius 2 is 1.85 bits per heavy atom. The normalized spacial score (nSPS) is 14.5. The molecule has 0 saturated heterocycles. The molecule has 0 aliphatic rings. The zero-order valence-electron chi connectivity index (χ0n) is 7.93. The van der Waals surface area contributed by atoms with Crippen molar-refractivity contribution in [1.29, 1.82) is 0 Å². The van der Waals surface area contributed by atoms with Crippen LogP contribution >= 0.6 is 11.6 Å². The van der Waals surface area contributed by atoms with Crippen LogP contribution in [0.1, 0.15) is 27.2 Å². The first-order valence-electron chi connectivity index (χ1n) is 4.02. The summed E-state index contributed by atoms with van der Waals surface area (Å²) in [5.74, 6) is -2.07. The molecule has 0 aromatic rings. The average molecular weight is 209 g/mol. The molecule has 0 spiro atoms. The van der Waals surface area contributed by atoms with E-state index in [2.05, 4.69) is 9.47 Å². The molecule has 0 N–H and O–H groups in total. The Balaban J connectivity index is 4.07. The molecule has 1 unspecified atom stereocenters. The lowest BCUT2D eigenvalue weighted by molar-refractivity contribution is -0.172. The Morgan fingerprint density at radius 1 is 1.31 bits per heavy atom. The molecule has 0 aliphatic carbocycles. The van der Waals surface area contributed by atoms with Crippen molar-refractivity contribution in [2.24, 2.45) is 0 Å². The number of carbonyl (C=O) groups is 2. The zero-order valence-corrected chi connectivity index (χ0v) is 8.68. The van der Waals surface area contributed by atoms with Crippen LogP contribution in [0.15, 0.2) is 0 Å². The smallest absolute Gasteiger partial charge is 0.419 e. The van der Waals surface area contributed by atoms with E-state index in [1.54, 1.807) is 13.8 Å². The van der Waals surface area contributed by atoms with E-state index in [1.807, 2.05) is 0 Å². The van der Waals surface area contributed by atoms with Crippen molar-refractivity contribution in [3.05, 3.63) is 0 Å². The number of alkyl halides is 1. The Labute approximate surface area is 82.1 Å². The Bertz CT molecular complexity index is 200. The molecule has 0 saturated carbocycles. The molecule has 13 heavy (non-hydrogen) atoms. The highest BCUT2D eigenvalue weighted by molar-refractivity contribution is 6.31. The summed E-state index contributed by atoms with van der Waals surface area (Å²) in [4.78, 5) is 21.7. The van der Waals surface area contributed by atoms with E-state index in [1.165, 1.54) is 6.92 Å². The van der Waals surface area contributed by atoms with E-state index >= 15 is 0 Å². The lowest BCUT2D eigenvalue weighted by Gasteiger charge is -2.19. The molecule has 0 aliphatic heterocycles. The van der Waals surface area contributed by atoms with Gasteiger partial charge < -0.3 is 9.47 Å². The largest absolute Gasteiger partial charge is 0.458 e. The quantitative estimate of drug-likeness (QED) is 0.400. The minimum Gasteiger partial charge on any atom is -0.458 e. The van der Waals surface area contributed by atoms with Gasteiger partial charge in [0.2, 0.25) is 0 Å². The predicted octanol–water partition coefficient (Wildman–Crippen LogP) is 1.46. The molecule has 0 aromatic carbocycles. The van der Waals surface area contributed by atoms with Crippen LogP contribution in [0.4, 0.5) is 0 Å². The summed E-state index contributed by atoms with van der Waals surface area (Å²) in [5, 5.41) is -1.14. The van der Waals surface area contributed by atoms with E-state index in [-0.39, 0.29) is 6.61 Å². The molecule has 0 fully saturated rings. The summed E-state index contributed by atoms with van der Waals surface area (Å²) in [6.45, 7) is 4.99. The third kappa shape index (κ3) is 4.72. The maximum atomic E-state index is 10.9. The van der Waals surface area contributed by atoms with Gasteiger partial charge in [0.25, 0.3) is 0 Å². The minimum absolute atomic E-state index is 0.138. The number of carbonyl (C=O) groups excluding carboxylic acids is 2. The Kier molecular flexibility index (Phi) is 4.77. The van der Waals surface area contributed by atoms with Crippen molar-refractivity contribution in [1.82, 2.24) is 0 Å². The van der Waals surface area contributed by atoms with Gasteiger partial charge in [-0.3, -0.25) is 0 Å². The molecule has 0 aromatic heterocycles. The first-order valence-corrected chi connectivity index (χ1v) is 4.39. The standard InChI is InChI=1S/C8H13ClO4/c1-4-8(3,9)13-7(11)6(10)12-5-2/h4-5H2,1-3H3.